The fourth-order valence-corrected chi connectivity index (χ4v) is 6.45. The number of carbonyl (C=O) groups excluding carboxylic acids is 2. The average molecular weight is 552 g/mol. The number of nitrogens with two attached hydrogens (primary N) is 1. The minimum absolute atomic E-state index is 0.00789. The van der Waals surface area contributed by atoms with Crippen molar-refractivity contribution in [1.82, 2.24) is 16.1 Å². The standard InChI is InChI=1S/C25H45BN6O7/c1-15(2)12-20(26-38-19-14-16-13-18(24(16,3)4)25(19,5)39-26)30-22(34)17(29-21(33)9-11-37-6)8-7-10-28-23(27)31-32(35)36/h15-20H,7-14H2,1-6H3,(H,29,33)(H,30,34)(H3,27,28,31)/t16-,17+,18-,19-,20+,25+/m1/s1. The van der Waals surface area contributed by atoms with Gasteiger partial charge in [-0.1, -0.05) is 33.1 Å². The second kappa shape index (κ2) is 12.8. The van der Waals surface area contributed by atoms with Crippen LogP contribution in [0.1, 0.15) is 73.1 Å². The lowest BCUT2D eigenvalue weighted by Gasteiger charge is -2.64. The van der Waals surface area contributed by atoms with Crippen LogP contribution in [0, 0.1) is 33.3 Å². The average Bonchev–Trinajstić information content (AvgIpc) is 3.20. The highest BCUT2D eigenvalue weighted by molar-refractivity contribution is 6.47. The van der Waals surface area contributed by atoms with Crippen molar-refractivity contribution < 1.29 is 28.7 Å². The summed E-state index contributed by atoms with van der Waals surface area (Å²) in [5.41, 5.74) is 7.06. The summed E-state index contributed by atoms with van der Waals surface area (Å²) < 4.78 is 18.1. The van der Waals surface area contributed by atoms with E-state index in [1.165, 1.54) is 7.11 Å². The van der Waals surface area contributed by atoms with Crippen LogP contribution in [-0.4, -0.2) is 73.9 Å². The van der Waals surface area contributed by atoms with Crippen molar-refractivity contribution >= 4 is 24.9 Å². The van der Waals surface area contributed by atoms with Crippen molar-refractivity contribution in [2.24, 2.45) is 33.9 Å². The first-order valence-corrected chi connectivity index (χ1v) is 13.9. The van der Waals surface area contributed by atoms with E-state index in [9.17, 15) is 19.7 Å². The van der Waals surface area contributed by atoms with Crippen molar-refractivity contribution in [3.63, 3.8) is 0 Å². The number of methoxy groups -OCH3 is 1. The lowest BCUT2D eigenvalue weighted by molar-refractivity contribution is -0.525. The number of hydrogen-bond donors (Lipinski definition) is 4. The van der Waals surface area contributed by atoms with Crippen LogP contribution in [0.3, 0.4) is 0 Å². The Kier molecular flexibility index (Phi) is 10.2. The summed E-state index contributed by atoms with van der Waals surface area (Å²) in [6.45, 7) is 11.3. The number of nitrogens with zero attached hydrogens (tertiary/aromatic N) is 2. The molecule has 0 spiro atoms. The number of aliphatic imine (C=N–C) groups is 1. The third kappa shape index (κ3) is 7.40. The fraction of sp³-hybridized carbons (Fsp3) is 0.880. The molecule has 2 bridgehead atoms. The summed E-state index contributed by atoms with van der Waals surface area (Å²) in [7, 11) is 0.920. The lowest BCUT2D eigenvalue weighted by atomic mass is 9.43. The van der Waals surface area contributed by atoms with E-state index in [1.807, 2.05) is 0 Å². The Hall–Kier alpha value is -2.45. The van der Waals surface area contributed by atoms with Gasteiger partial charge in [-0.2, -0.15) is 0 Å². The zero-order valence-electron chi connectivity index (χ0n) is 24.0. The maximum atomic E-state index is 13.5. The molecule has 39 heavy (non-hydrogen) atoms. The highest BCUT2D eigenvalue weighted by Crippen LogP contribution is 2.65. The van der Waals surface area contributed by atoms with E-state index in [1.54, 1.807) is 5.43 Å². The lowest BCUT2D eigenvalue weighted by Crippen LogP contribution is -2.65. The topological polar surface area (TPSA) is 179 Å². The molecule has 220 valence electrons. The van der Waals surface area contributed by atoms with Crippen LogP contribution in [0.5, 0.6) is 0 Å². The molecule has 0 radical (unpaired) electrons. The van der Waals surface area contributed by atoms with Crippen molar-refractivity contribution in [2.75, 3.05) is 20.3 Å². The second-order valence-corrected chi connectivity index (χ2v) is 12.2. The van der Waals surface area contributed by atoms with E-state index >= 15 is 0 Å². The molecule has 2 amide bonds. The van der Waals surface area contributed by atoms with Gasteiger partial charge in [0.2, 0.25) is 11.8 Å². The SMILES string of the molecule is COCCC(=O)N[C@@H](CCCN=C(N)N[N+](=O)[O-])C(=O)N[C@@H](CC(C)C)B1O[C@@H]2C[C@H]3C[C@H](C3(C)C)[C@]2(C)O1. The molecule has 0 aromatic carbocycles. The molecule has 5 N–H and O–H groups in total. The monoisotopic (exact) mass is 552 g/mol. The summed E-state index contributed by atoms with van der Waals surface area (Å²) in [5, 5.41) is 15.6. The van der Waals surface area contributed by atoms with E-state index in [4.69, 9.17) is 19.8 Å². The molecule has 4 fully saturated rings. The first kappa shape index (κ1) is 31.1. The molecule has 0 aromatic rings. The highest BCUT2D eigenvalue weighted by Gasteiger charge is 2.68. The van der Waals surface area contributed by atoms with E-state index in [0.29, 0.717) is 24.7 Å². The van der Waals surface area contributed by atoms with Gasteiger partial charge in [0, 0.05) is 20.1 Å². The molecular weight excluding hydrogens is 507 g/mol. The molecule has 14 heteroatoms. The largest absolute Gasteiger partial charge is 0.481 e. The highest BCUT2D eigenvalue weighted by atomic mass is 16.7. The number of amides is 2. The number of ether oxygens (including phenoxy) is 1. The van der Waals surface area contributed by atoms with Crippen LogP contribution in [-0.2, 0) is 23.6 Å². The summed E-state index contributed by atoms with van der Waals surface area (Å²) in [6, 6.07) is -0.838. The van der Waals surface area contributed by atoms with E-state index in [2.05, 4.69) is 50.2 Å². The van der Waals surface area contributed by atoms with Gasteiger partial charge in [0.1, 0.15) is 6.04 Å². The number of guanidine groups is 1. The minimum Gasteiger partial charge on any atom is -0.404 e. The van der Waals surface area contributed by atoms with Crippen LogP contribution >= 0.6 is 0 Å². The predicted octanol–water partition coefficient (Wildman–Crippen LogP) is 1.18. The fourth-order valence-electron chi connectivity index (χ4n) is 6.45. The number of hydrazine groups is 1. The number of carbonyl (C=O) groups is 2. The molecule has 4 aliphatic rings. The molecule has 1 saturated heterocycles. The van der Waals surface area contributed by atoms with Crippen molar-refractivity contribution in [3.05, 3.63) is 10.1 Å². The molecule has 4 rings (SSSR count). The number of hydrogen-bond acceptors (Lipinski definition) is 8. The molecule has 0 aromatic heterocycles. The van der Waals surface area contributed by atoms with E-state index < -0.39 is 29.7 Å². The number of rotatable bonds is 14. The van der Waals surface area contributed by atoms with Crippen LogP contribution in [0.25, 0.3) is 0 Å². The molecule has 3 saturated carbocycles. The molecule has 0 unspecified atom stereocenters. The molecular formula is C25H45BN6O7. The van der Waals surface area contributed by atoms with Crippen LogP contribution in [0.15, 0.2) is 4.99 Å². The van der Waals surface area contributed by atoms with Crippen LogP contribution < -0.4 is 21.8 Å². The number of nitro groups is 1. The molecule has 1 heterocycles. The molecule has 6 atom stereocenters. The van der Waals surface area contributed by atoms with Crippen molar-refractivity contribution in [1.29, 1.82) is 0 Å². The Morgan fingerprint density at radius 3 is 2.59 bits per heavy atom. The van der Waals surface area contributed by atoms with Crippen molar-refractivity contribution in [3.8, 4) is 0 Å². The zero-order chi connectivity index (χ0) is 29.0. The van der Waals surface area contributed by atoms with Crippen molar-refractivity contribution in [2.45, 2.75) is 96.8 Å². The minimum atomic E-state index is -0.838. The van der Waals surface area contributed by atoms with Gasteiger partial charge in [0.15, 0.2) is 5.03 Å². The zero-order valence-corrected chi connectivity index (χ0v) is 24.0. The Bertz CT molecular complexity index is 935. The Labute approximate surface area is 231 Å². The summed E-state index contributed by atoms with van der Waals surface area (Å²) in [4.78, 5) is 40.4. The first-order chi connectivity index (χ1) is 18.3. The van der Waals surface area contributed by atoms with Gasteiger partial charge in [-0.25, -0.2) is 15.1 Å². The summed E-state index contributed by atoms with van der Waals surface area (Å²) >= 11 is 0. The van der Waals surface area contributed by atoms with Crippen LogP contribution in [0.4, 0.5) is 0 Å². The first-order valence-electron chi connectivity index (χ1n) is 13.9. The Morgan fingerprint density at radius 2 is 1.97 bits per heavy atom. The summed E-state index contributed by atoms with van der Waals surface area (Å²) in [5.74, 6) is -0.0905. The molecule has 13 nitrogen and oxygen atoms in total. The Balaban J connectivity index is 1.68. The quantitative estimate of drug-likeness (QED) is 0.0615. The van der Waals surface area contributed by atoms with Crippen LogP contribution in [0.2, 0.25) is 0 Å². The van der Waals surface area contributed by atoms with E-state index in [0.717, 1.165) is 12.8 Å². The maximum Gasteiger partial charge on any atom is 0.481 e. The van der Waals surface area contributed by atoms with Gasteiger partial charge in [0.05, 0.1) is 24.3 Å². The van der Waals surface area contributed by atoms with Gasteiger partial charge >= 0.3 is 7.12 Å². The maximum absolute atomic E-state index is 13.5. The smallest absolute Gasteiger partial charge is 0.404 e. The molecule has 3 aliphatic carbocycles. The third-order valence-electron chi connectivity index (χ3n) is 8.67. The third-order valence-corrected chi connectivity index (χ3v) is 8.67. The van der Waals surface area contributed by atoms with Gasteiger partial charge in [0.25, 0.3) is 5.96 Å². The predicted molar refractivity (Wildman–Crippen MR) is 146 cm³/mol. The van der Waals surface area contributed by atoms with Gasteiger partial charge in [-0.05, 0) is 62.2 Å². The Morgan fingerprint density at radius 1 is 1.26 bits per heavy atom. The van der Waals surface area contributed by atoms with Gasteiger partial charge in [-0.3, -0.25) is 9.59 Å². The normalized spacial score (nSPS) is 28.7. The second-order valence-electron chi connectivity index (χ2n) is 12.2. The van der Waals surface area contributed by atoms with Gasteiger partial charge < -0.3 is 30.4 Å². The van der Waals surface area contributed by atoms with Gasteiger partial charge in [-0.15, -0.1) is 0 Å². The summed E-state index contributed by atoms with van der Waals surface area (Å²) in [6.07, 6.45) is 3.47. The molecule has 1 aliphatic heterocycles. The number of nitrogens with one attached hydrogen (secondary N) is 3. The van der Waals surface area contributed by atoms with E-state index in [-0.39, 0.29) is 61.2 Å².